The molecule has 1 aromatic rings. The second-order valence-corrected chi connectivity index (χ2v) is 4.59. The number of nitrogens with one attached hydrogen (secondary N) is 1. The lowest BCUT2D eigenvalue weighted by atomic mass is 10.2. The van der Waals surface area contributed by atoms with Crippen LogP contribution in [0.1, 0.15) is 0 Å². The van der Waals surface area contributed by atoms with E-state index in [9.17, 15) is 10.1 Å². The van der Waals surface area contributed by atoms with Gasteiger partial charge in [0.05, 0.1) is 10.6 Å². The predicted octanol–water partition coefficient (Wildman–Crippen LogP) is 0.730. The normalized spacial score (nSPS) is 22.1. The van der Waals surface area contributed by atoms with E-state index in [2.05, 4.69) is 5.43 Å². The molecule has 20 heavy (non-hydrogen) atoms. The number of ether oxygens (including phenoxy) is 2. The molecule has 110 valence electrons. The molecule has 0 bridgehead atoms. The molecule has 1 aliphatic heterocycles. The van der Waals surface area contributed by atoms with Crippen molar-refractivity contribution in [1.82, 2.24) is 0 Å². The molecule has 2 rings (SSSR count). The van der Waals surface area contributed by atoms with Crippen molar-refractivity contribution in [2.75, 3.05) is 37.6 Å². The average molecular weight is 282 g/mol. The Morgan fingerprint density at radius 2 is 1.90 bits per heavy atom. The number of nitrogens with zero attached hydrogens (tertiary/aromatic N) is 2. The van der Waals surface area contributed by atoms with Gasteiger partial charge in [-0.05, 0) is 6.07 Å². The number of nitro benzene ring substituents is 1. The van der Waals surface area contributed by atoms with Crippen molar-refractivity contribution in [3.8, 4) is 0 Å². The number of rotatable bonds is 5. The Labute approximate surface area is 116 Å². The Bertz CT molecular complexity index is 484. The van der Waals surface area contributed by atoms with Crippen LogP contribution in [0.4, 0.5) is 17.1 Å². The summed E-state index contributed by atoms with van der Waals surface area (Å²) >= 11 is 0. The first kappa shape index (κ1) is 14.5. The van der Waals surface area contributed by atoms with Gasteiger partial charge >= 0.3 is 0 Å². The number of benzene rings is 1. The van der Waals surface area contributed by atoms with Crippen LogP contribution in [0.5, 0.6) is 0 Å². The van der Waals surface area contributed by atoms with E-state index in [0.717, 1.165) is 0 Å². The van der Waals surface area contributed by atoms with Crippen LogP contribution in [-0.2, 0) is 9.47 Å². The highest BCUT2D eigenvalue weighted by atomic mass is 16.6. The zero-order valence-corrected chi connectivity index (χ0v) is 11.4. The molecule has 1 saturated heterocycles. The fraction of sp³-hybridized carbons (Fsp3) is 0.500. The molecule has 0 saturated carbocycles. The Balaban J connectivity index is 2.28. The van der Waals surface area contributed by atoms with Crippen molar-refractivity contribution < 1.29 is 14.4 Å². The van der Waals surface area contributed by atoms with Crippen LogP contribution in [0, 0.1) is 10.1 Å². The van der Waals surface area contributed by atoms with Crippen LogP contribution in [0.2, 0.25) is 0 Å². The number of methoxy groups -OCH3 is 2. The van der Waals surface area contributed by atoms with Crippen LogP contribution in [0.25, 0.3) is 0 Å². The van der Waals surface area contributed by atoms with Gasteiger partial charge in [-0.25, -0.2) is 0 Å². The Morgan fingerprint density at radius 1 is 1.30 bits per heavy atom. The van der Waals surface area contributed by atoms with Gasteiger partial charge in [0.15, 0.2) is 0 Å². The van der Waals surface area contributed by atoms with E-state index in [1.54, 1.807) is 20.3 Å². The summed E-state index contributed by atoms with van der Waals surface area (Å²) in [6.07, 6.45) is -0.123. The molecule has 1 aromatic carbocycles. The van der Waals surface area contributed by atoms with E-state index in [1.807, 2.05) is 4.90 Å². The second kappa shape index (κ2) is 6.04. The van der Waals surface area contributed by atoms with Gasteiger partial charge in [0.2, 0.25) is 0 Å². The van der Waals surface area contributed by atoms with Crippen molar-refractivity contribution in [3.05, 3.63) is 28.3 Å². The zero-order chi connectivity index (χ0) is 14.7. The molecule has 0 aromatic heterocycles. The second-order valence-electron chi connectivity index (χ2n) is 4.59. The van der Waals surface area contributed by atoms with Gasteiger partial charge in [-0.1, -0.05) is 0 Å². The first-order valence-corrected chi connectivity index (χ1v) is 6.15. The summed E-state index contributed by atoms with van der Waals surface area (Å²) in [5.74, 6) is 5.35. The van der Waals surface area contributed by atoms with Crippen molar-refractivity contribution in [2.24, 2.45) is 5.84 Å². The first-order valence-electron chi connectivity index (χ1n) is 6.15. The number of hydrazine groups is 1. The molecule has 1 fully saturated rings. The molecule has 0 aliphatic carbocycles. The smallest absolute Gasteiger partial charge is 0.273 e. The molecule has 1 aliphatic rings. The maximum atomic E-state index is 10.9. The van der Waals surface area contributed by atoms with Gasteiger partial charge in [0.1, 0.15) is 12.2 Å². The minimum absolute atomic E-state index is 0.00900. The lowest BCUT2D eigenvalue weighted by Crippen LogP contribution is -2.27. The average Bonchev–Trinajstić information content (AvgIpc) is 2.89. The molecule has 8 heteroatoms. The molecule has 2 unspecified atom stereocenters. The molecule has 8 nitrogen and oxygen atoms in total. The summed E-state index contributed by atoms with van der Waals surface area (Å²) in [7, 11) is 3.25. The highest BCUT2D eigenvalue weighted by Crippen LogP contribution is 2.30. The topological polar surface area (TPSA) is 103 Å². The van der Waals surface area contributed by atoms with E-state index in [-0.39, 0.29) is 17.9 Å². The molecular weight excluding hydrogens is 264 g/mol. The van der Waals surface area contributed by atoms with Crippen LogP contribution < -0.4 is 16.2 Å². The van der Waals surface area contributed by atoms with Crippen LogP contribution in [-0.4, -0.2) is 44.4 Å². The standard InChI is InChI=1S/C12H18N4O4/c1-19-11-6-15(7-12(11)20-2)9-3-8(14-13)4-10(5-9)16(17)18/h3-5,11-12,14H,6-7,13H2,1-2H3. The first-order chi connectivity index (χ1) is 9.58. The van der Waals surface area contributed by atoms with Gasteiger partial charge in [-0.2, -0.15) is 0 Å². The maximum absolute atomic E-state index is 10.9. The zero-order valence-electron chi connectivity index (χ0n) is 11.4. The number of nitrogen functional groups attached to an aromatic ring is 1. The molecule has 3 N–H and O–H groups in total. The van der Waals surface area contributed by atoms with Gasteiger partial charge < -0.3 is 19.8 Å². The van der Waals surface area contributed by atoms with Gasteiger partial charge in [0, 0.05) is 45.1 Å². The van der Waals surface area contributed by atoms with Crippen LogP contribution >= 0.6 is 0 Å². The fourth-order valence-electron chi connectivity index (χ4n) is 2.37. The van der Waals surface area contributed by atoms with Gasteiger partial charge in [0.25, 0.3) is 5.69 Å². The monoisotopic (exact) mass is 282 g/mol. The third-order valence-corrected chi connectivity index (χ3v) is 3.47. The largest absolute Gasteiger partial charge is 0.377 e. The minimum atomic E-state index is -0.442. The number of nitrogens with two attached hydrogens (primary N) is 1. The number of hydrogen-bond donors (Lipinski definition) is 2. The van der Waals surface area contributed by atoms with Gasteiger partial charge in [-0.15, -0.1) is 0 Å². The molecule has 2 atom stereocenters. The highest BCUT2D eigenvalue weighted by molar-refractivity contribution is 5.64. The van der Waals surface area contributed by atoms with Gasteiger partial charge in [-0.3, -0.25) is 16.0 Å². The quantitative estimate of drug-likeness (QED) is 0.466. The Morgan fingerprint density at radius 3 is 2.35 bits per heavy atom. The Kier molecular flexibility index (Phi) is 4.38. The summed E-state index contributed by atoms with van der Waals surface area (Å²) < 4.78 is 10.7. The maximum Gasteiger partial charge on any atom is 0.273 e. The number of hydrogen-bond acceptors (Lipinski definition) is 7. The summed E-state index contributed by atoms with van der Waals surface area (Å²) in [5.41, 5.74) is 3.64. The van der Waals surface area contributed by atoms with Crippen molar-refractivity contribution in [2.45, 2.75) is 12.2 Å². The number of non-ortho nitro benzene ring substituents is 1. The van der Waals surface area contributed by atoms with E-state index in [4.69, 9.17) is 15.3 Å². The fourth-order valence-corrected chi connectivity index (χ4v) is 2.37. The summed E-state index contributed by atoms with van der Waals surface area (Å²) in [6.45, 7) is 1.22. The third-order valence-electron chi connectivity index (χ3n) is 3.47. The summed E-state index contributed by atoms with van der Waals surface area (Å²) in [5, 5.41) is 10.9. The minimum Gasteiger partial charge on any atom is -0.377 e. The highest BCUT2D eigenvalue weighted by Gasteiger charge is 2.33. The summed E-state index contributed by atoms with van der Waals surface area (Å²) in [4.78, 5) is 12.5. The van der Waals surface area contributed by atoms with E-state index in [1.165, 1.54) is 12.1 Å². The molecule has 0 spiro atoms. The molecule has 0 amide bonds. The molecule has 0 radical (unpaired) electrons. The Hall–Kier alpha value is -1.90. The number of nitro groups is 1. The summed E-state index contributed by atoms with van der Waals surface area (Å²) in [6, 6.07) is 4.67. The van der Waals surface area contributed by atoms with Crippen molar-refractivity contribution in [3.63, 3.8) is 0 Å². The van der Waals surface area contributed by atoms with E-state index in [0.29, 0.717) is 24.5 Å². The van der Waals surface area contributed by atoms with Crippen molar-refractivity contribution >= 4 is 17.1 Å². The molecule has 1 heterocycles. The van der Waals surface area contributed by atoms with Crippen molar-refractivity contribution in [1.29, 1.82) is 0 Å². The predicted molar refractivity (Wildman–Crippen MR) is 74.7 cm³/mol. The van der Waals surface area contributed by atoms with Crippen LogP contribution in [0.15, 0.2) is 18.2 Å². The van der Waals surface area contributed by atoms with E-state index < -0.39 is 4.92 Å². The lowest BCUT2D eigenvalue weighted by molar-refractivity contribution is -0.384. The molecular formula is C12H18N4O4. The number of anilines is 2. The third kappa shape index (κ3) is 2.82. The lowest BCUT2D eigenvalue weighted by Gasteiger charge is -2.18. The SMILES string of the molecule is COC1CN(c2cc(NN)cc([N+](=O)[O-])c2)CC1OC. The van der Waals surface area contributed by atoms with E-state index >= 15 is 0 Å². The van der Waals surface area contributed by atoms with Crippen LogP contribution in [0.3, 0.4) is 0 Å².